The highest BCUT2D eigenvalue weighted by atomic mass is 28.4. The van der Waals surface area contributed by atoms with Crippen molar-refractivity contribution in [2.75, 3.05) is 27.9 Å². The quantitative estimate of drug-likeness (QED) is 0.432. The van der Waals surface area contributed by atoms with Gasteiger partial charge in [0.1, 0.15) is 5.79 Å². The number of rotatable bonds is 6. The van der Waals surface area contributed by atoms with Gasteiger partial charge in [-0.1, -0.05) is 6.92 Å². The van der Waals surface area contributed by atoms with Crippen LogP contribution >= 0.6 is 0 Å². The minimum Gasteiger partial charge on any atom is -0.375 e. The Hall–Kier alpha value is 0.0169. The van der Waals surface area contributed by atoms with Crippen molar-refractivity contribution in [2.24, 2.45) is 5.73 Å². The summed E-state index contributed by atoms with van der Waals surface area (Å²) in [5.41, 5.74) is 5.77. The van der Waals surface area contributed by atoms with Gasteiger partial charge in [-0.05, 0) is 6.54 Å². The summed E-state index contributed by atoms with van der Waals surface area (Å²) in [6.07, 6.45) is 0. The van der Waals surface area contributed by atoms with Gasteiger partial charge in [-0.2, -0.15) is 0 Å². The molecule has 1 atom stereocenters. The Labute approximate surface area is 74.5 Å². The minimum absolute atomic E-state index is 0.373. The van der Waals surface area contributed by atoms with Crippen LogP contribution in [0.4, 0.5) is 0 Å². The molecule has 5 nitrogen and oxygen atoms in total. The highest BCUT2D eigenvalue weighted by Crippen LogP contribution is 2.07. The first-order valence-corrected chi connectivity index (χ1v) is 5.61. The lowest BCUT2D eigenvalue weighted by atomic mass is 10.8. The molecule has 0 bridgehead atoms. The summed E-state index contributed by atoms with van der Waals surface area (Å²) in [5, 5.41) is 3.00. The fourth-order valence-electron chi connectivity index (χ4n) is 0.976. The average Bonchev–Trinajstić information content (AvgIpc) is 2.09. The smallest absolute Gasteiger partial charge is 0.375 e. The Kier molecular flexibility index (Phi) is 5.63. The number of nitrogens with two attached hydrogens (primary N) is 1. The Morgan fingerprint density at radius 1 is 1.25 bits per heavy atom. The number of hydrogen-bond acceptors (Lipinski definition) is 5. The summed E-state index contributed by atoms with van der Waals surface area (Å²) >= 11 is 0. The molecule has 0 aliphatic carbocycles. The van der Waals surface area contributed by atoms with E-state index in [-0.39, 0.29) is 5.79 Å². The molecule has 0 fully saturated rings. The lowest BCUT2D eigenvalue weighted by molar-refractivity contribution is 0.108. The van der Waals surface area contributed by atoms with Crippen LogP contribution in [0, 0.1) is 0 Å². The highest BCUT2D eigenvalue weighted by molar-refractivity contribution is 6.62. The summed E-state index contributed by atoms with van der Waals surface area (Å²) in [6, 6.07) is 0. The molecule has 0 aliphatic rings. The molecule has 0 aromatic heterocycles. The van der Waals surface area contributed by atoms with E-state index in [2.05, 4.69) is 5.32 Å². The maximum atomic E-state index is 5.77. The van der Waals surface area contributed by atoms with Crippen LogP contribution in [0.15, 0.2) is 0 Å². The van der Waals surface area contributed by atoms with E-state index < -0.39 is 8.80 Å². The van der Waals surface area contributed by atoms with E-state index in [1.54, 1.807) is 0 Å². The standard InChI is InChI=1S/C6H18N2O3Si/c1-5-8-6(7)12(9-2,10-3)11-4/h6,8H,5,7H2,1-4H3. The van der Waals surface area contributed by atoms with Crippen molar-refractivity contribution in [3.8, 4) is 0 Å². The van der Waals surface area contributed by atoms with Crippen LogP contribution in [0.25, 0.3) is 0 Å². The Bertz CT molecular complexity index is 113. The Balaban J connectivity index is 4.24. The molecule has 0 radical (unpaired) electrons. The molecular weight excluding hydrogens is 176 g/mol. The van der Waals surface area contributed by atoms with Gasteiger partial charge in [0.2, 0.25) is 0 Å². The monoisotopic (exact) mass is 194 g/mol. The number of hydrogen-bond donors (Lipinski definition) is 2. The zero-order chi connectivity index (χ0) is 9.61. The van der Waals surface area contributed by atoms with Crippen molar-refractivity contribution in [3.63, 3.8) is 0 Å². The van der Waals surface area contributed by atoms with Crippen LogP contribution in [0.2, 0.25) is 0 Å². The largest absolute Gasteiger partial charge is 0.533 e. The van der Waals surface area contributed by atoms with Gasteiger partial charge in [0.05, 0.1) is 0 Å². The fraction of sp³-hybridized carbons (Fsp3) is 1.00. The zero-order valence-corrected chi connectivity index (χ0v) is 9.09. The molecular formula is C6H18N2O3Si. The van der Waals surface area contributed by atoms with Crippen LogP contribution in [0.5, 0.6) is 0 Å². The molecule has 0 spiro atoms. The third-order valence-electron chi connectivity index (χ3n) is 1.66. The van der Waals surface area contributed by atoms with E-state index in [1.807, 2.05) is 6.92 Å². The van der Waals surface area contributed by atoms with Gasteiger partial charge in [0.15, 0.2) is 0 Å². The maximum Gasteiger partial charge on any atom is 0.533 e. The lowest BCUT2D eigenvalue weighted by Gasteiger charge is -2.29. The van der Waals surface area contributed by atoms with E-state index in [9.17, 15) is 0 Å². The van der Waals surface area contributed by atoms with Gasteiger partial charge in [-0.25, -0.2) is 0 Å². The molecule has 74 valence electrons. The first-order valence-electron chi connectivity index (χ1n) is 3.81. The minimum atomic E-state index is -2.68. The predicted octanol–water partition coefficient (Wildman–Crippen LogP) is -0.702. The second kappa shape index (κ2) is 5.63. The van der Waals surface area contributed by atoms with E-state index in [4.69, 9.17) is 19.0 Å². The van der Waals surface area contributed by atoms with Crippen molar-refractivity contribution in [3.05, 3.63) is 0 Å². The predicted molar refractivity (Wildman–Crippen MR) is 48.4 cm³/mol. The first-order chi connectivity index (χ1) is 5.66. The van der Waals surface area contributed by atoms with Crippen molar-refractivity contribution in [1.29, 1.82) is 0 Å². The molecule has 0 heterocycles. The fourth-order valence-corrected chi connectivity index (χ4v) is 2.69. The molecule has 1 unspecified atom stereocenters. The molecule has 0 aliphatic heterocycles. The summed E-state index contributed by atoms with van der Waals surface area (Å²) < 4.78 is 15.5. The van der Waals surface area contributed by atoms with Crippen molar-refractivity contribution >= 4 is 8.80 Å². The molecule has 0 aromatic rings. The van der Waals surface area contributed by atoms with E-state index in [0.29, 0.717) is 0 Å². The van der Waals surface area contributed by atoms with Crippen molar-refractivity contribution < 1.29 is 13.3 Å². The van der Waals surface area contributed by atoms with Crippen molar-refractivity contribution in [2.45, 2.75) is 12.7 Å². The van der Waals surface area contributed by atoms with E-state index in [1.165, 1.54) is 21.3 Å². The van der Waals surface area contributed by atoms with E-state index >= 15 is 0 Å². The van der Waals surface area contributed by atoms with E-state index in [0.717, 1.165) is 6.54 Å². The van der Waals surface area contributed by atoms with Crippen LogP contribution in [0.1, 0.15) is 6.92 Å². The molecule has 0 amide bonds. The van der Waals surface area contributed by atoms with Crippen molar-refractivity contribution in [1.82, 2.24) is 5.32 Å². The average molecular weight is 194 g/mol. The molecule has 3 N–H and O–H groups in total. The van der Waals surface area contributed by atoms with Gasteiger partial charge in [0, 0.05) is 21.3 Å². The molecule has 0 saturated heterocycles. The summed E-state index contributed by atoms with van der Waals surface area (Å²) in [4.78, 5) is 0. The molecule has 6 heteroatoms. The summed E-state index contributed by atoms with van der Waals surface area (Å²) in [5.74, 6) is -0.373. The third kappa shape index (κ3) is 2.51. The second-order valence-corrected chi connectivity index (χ2v) is 5.31. The van der Waals surface area contributed by atoms with Gasteiger partial charge < -0.3 is 19.0 Å². The van der Waals surface area contributed by atoms with Gasteiger partial charge in [-0.3, -0.25) is 5.32 Å². The summed E-state index contributed by atoms with van der Waals surface area (Å²) in [6.45, 7) is 2.71. The van der Waals surface area contributed by atoms with Crippen LogP contribution < -0.4 is 11.1 Å². The van der Waals surface area contributed by atoms with Crippen LogP contribution in [0.3, 0.4) is 0 Å². The van der Waals surface area contributed by atoms with Crippen LogP contribution in [-0.4, -0.2) is 42.5 Å². The first kappa shape index (κ1) is 12.0. The lowest BCUT2D eigenvalue weighted by Crippen LogP contribution is -2.64. The molecule has 12 heavy (non-hydrogen) atoms. The van der Waals surface area contributed by atoms with Gasteiger partial charge in [-0.15, -0.1) is 0 Å². The molecule has 0 rings (SSSR count). The third-order valence-corrected chi connectivity index (χ3v) is 4.33. The highest BCUT2D eigenvalue weighted by Gasteiger charge is 2.45. The zero-order valence-electron chi connectivity index (χ0n) is 8.09. The number of nitrogens with one attached hydrogen (secondary N) is 1. The Morgan fingerprint density at radius 3 is 1.92 bits per heavy atom. The van der Waals surface area contributed by atoms with Gasteiger partial charge in [0.25, 0.3) is 0 Å². The van der Waals surface area contributed by atoms with Gasteiger partial charge >= 0.3 is 8.80 Å². The summed E-state index contributed by atoms with van der Waals surface area (Å²) in [7, 11) is 1.94. The molecule has 0 aromatic carbocycles. The topological polar surface area (TPSA) is 65.7 Å². The Morgan fingerprint density at radius 2 is 1.67 bits per heavy atom. The molecule has 0 saturated carbocycles. The maximum absolute atomic E-state index is 5.77. The van der Waals surface area contributed by atoms with Crippen LogP contribution in [-0.2, 0) is 13.3 Å². The SMILES string of the molecule is CCNC(N)[Si](OC)(OC)OC. The normalized spacial score (nSPS) is 14.8. The second-order valence-electron chi connectivity index (χ2n) is 2.25.